The molecule has 7 heteroatoms. The summed E-state index contributed by atoms with van der Waals surface area (Å²) < 4.78 is 5.14. The van der Waals surface area contributed by atoms with Crippen LogP contribution in [0.25, 0.3) is 0 Å². The summed E-state index contributed by atoms with van der Waals surface area (Å²) in [6.45, 7) is 3.31. The molecule has 0 atom stereocenters. The van der Waals surface area contributed by atoms with E-state index in [1.54, 1.807) is 6.92 Å². The lowest BCUT2D eigenvalue weighted by Gasteiger charge is -2.11. The van der Waals surface area contributed by atoms with Gasteiger partial charge in [0.15, 0.2) is 11.1 Å². The first-order valence-corrected chi connectivity index (χ1v) is 5.22. The number of aliphatic imine (C=N–C) groups is 1. The number of ether oxygens (including phenoxy) is 1. The van der Waals surface area contributed by atoms with E-state index in [2.05, 4.69) is 25.6 Å². The predicted octanol–water partition coefficient (Wildman–Crippen LogP) is 0.818. The Balaban J connectivity index is 2.31. The summed E-state index contributed by atoms with van der Waals surface area (Å²) in [5.74, 6) is 1.63. The molecular weight excluding hydrogens is 236 g/mol. The summed E-state index contributed by atoms with van der Waals surface area (Å²) in [4.78, 5) is 12.4. The Labute approximate surface area is 98.1 Å². The van der Waals surface area contributed by atoms with Crippen LogP contribution >= 0.6 is 11.6 Å². The van der Waals surface area contributed by atoms with Crippen LogP contribution in [-0.4, -0.2) is 36.1 Å². The summed E-state index contributed by atoms with van der Waals surface area (Å²) >= 11 is 6.02. The van der Waals surface area contributed by atoms with Gasteiger partial charge in [-0.2, -0.15) is 4.98 Å². The number of hydrogen-bond acceptors (Lipinski definition) is 6. The van der Waals surface area contributed by atoms with Gasteiger partial charge in [0.1, 0.15) is 11.5 Å². The van der Waals surface area contributed by atoms with Gasteiger partial charge in [-0.05, 0) is 6.92 Å². The van der Waals surface area contributed by atoms with Crippen LogP contribution in [0.15, 0.2) is 4.99 Å². The van der Waals surface area contributed by atoms with E-state index in [1.165, 1.54) is 7.11 Å². The fourth-order valence-corrected chi connectivity index (χ4v) is 1.62. The Hall–Kier alpha value is -1.56. The first-order chi connectivity index (χ1) is 7.70. The van der Waals surface area contributed by atoms with Crippen LogP contribution < -0.4 is 15.4 Å². The van der Waals surface area contributed by atoms with E-state index in [0.29, 0.717) is 28.5 Å². The summed E-state index contributed by atoms with van der Waals surface area (Å²) in [6, 6.07) is 0. The second-order valence-electron chi connectivity index (χ2n) is 3.23. The fourth-order valence-electron chi connectivity index (χ4n) is 1.37. The molecule has 0 saturated heterocycles. The molecule has 0 saturated carbocycles. The average molecular weight is 248 g/mol. The molecule has 86 valence electrons. The molecule has 1 aliphatic heterocycles. The molecular formula is C9H12ClN5O. The minimum absolute atomic E-state index is 0.320. The number of nitrogens with zero attached hydrogens (tertiary/aromatic N) is 3. The van der Waals surface area contributed by atoms with E-state index in [4.69, 9.17) is 16.3 Å². The molecule has 2 rings (SSSR count). The number of methoxy groups -OCH3 is 1. The highest BCUT2D eigenvalue weighted by Crippen LogP contribution is 2.28. The molecule has 0 fully saturated rings. The summed E-state index contributed by atoms with van der Waals surface area (Å²) in [7, 11) is 1.53. The van der Waals surface area contributed by atoms with Crippen LogP contribution in [0.3, 0.4) is 0 Å². The van der Waals surface area contributed by atoms with Crippen molar-refractivity contribution >= 4 is 23.2 Å². The Morgan fingerprint density at radius 2 is 2.31 bits per heavy atom. The zero-order chi connectivity index (χ0) is 11.5. The lowest BCUT2D eigenvalue weighted by Crippen LogP contribution is -2.26. The van der Waals surface area contributed by atoms with Crippen LogP contribution in [0, 0.1) is 6.92 Å². The zero-order valence-electron chi connectivity index (χ0n) is 9.04. The Morgan fingerprint density at radius 3 is 2.94 bits per heavy atom. The van der Waals surface area contributed by atoms with Gasteiger partial charge in [0.2, 0.25) is 5.88 Å². The van der Waals surface area contributed by atoms with Crippen molar-refractivity contribution in [1.29, 1.82) is 0 Å². The topological polar surface area (TPSA) is 71.4 Å². The van der Waals surface area contributed by atoms with Crippen LogP contribution in [0.5, 0.6) is 5.88 Å². The van der Waals surface area contributed by atoms with Gasteiger partial charge >= 0.3 is 0 Å². The third kappa shape index (κ3) is 2.16. The summed E-state index contributed by atoms with van der Waals surface area (Å²) in [5, 5.41) is 6.40. The quantitative estimate of drug-likeness (QED) is 0.757. The van der Waals surface area contributed by atoms with E-state index in [0.717, 1.165) is 13.1 Å². The standard InChI is InChI=1S/C9H12ClN5O/c1-5-13-7(10)6(8(14-5)16-2)15-9-11-3-4-12-9/h3-4H2,1-2H3,(H2,11,12,15)/i5+2,7+2,8+2. The molecule has 1 aliphatic rings. The number of rotatable bonds is 2. The molecule has 1 aromatic rings. The van der Waals surface area contributed by atoms with E-state index >= 15 is 0 Å². The summed E-state index contributed by atoms with van der Waals surface area (Å²) in [5.41, 5.74) is 0.530. The second-order valence-corrected chi connectivity index (χ2v) is 3.59. The van der Waals surface area contributed by atoms with E-state index in [9.17, 15) is 0 Å². The zero-order valence-corrected chi connectivity index (χ0v) is 9.80. The minimum Gasteiger partial charge on any atom is -0.479 e. The normalized spacial score (nSPS) is 14.3. The van der Waals surface area contributed by atoms with E-state index in [-0.39, 0.29) is 0 Å². The number of hydrogen-bond donors (Lipinski definition) is 2. The molecule has 0 amide bonds. The Kier molecular flexibility index (Phi) is 3.09. The third-order valence-corrected chi connectivity index (χ3v) is 2.33. The maximum Gasteiger partial charge on any atom is 0.242 e. The van der Waals surface area contributed by atoms with Gasteiger partial charge < -0.3 is 15.4 Å². The van der Waals surface area contributed by atoms with Crippen LogP contribution in [-0.2, 0) is 0 Å². The highest BCUT2D eigenvalue weighted by Gasteiger charge is 2.15. The maximum atomic E-state index is 6.02. The number of guanidine groups is 1. The van der Waals surface area contributed by atoms with Gasteiger partial charge in [0.05, 0.1) is 13.7 Å². The van der Waals surface area contributed by atoms with Gasteiger partial charge in [-0.25, -0.2) is 4.98 Å². The van der Waals surface area contributed by atoms with Crippen LogP contribution in [0.4, 0.5) is 5.69 Å². The molecule has 2 heterocycles. The van der Waals surface area contributed by atoms with Crippen molar-refractivity contribution in [2.45, 2.75) is 6.92 Å². The van der Waals surface area contributed by atoms with Crippen molar-refractivity contribution in [1.82, 2.24) is 15.3 Å². The van der Waals surface area contributed by atoms with Gasteiger partial charge in [0.25, 0.3) is 0 Å². The third-order valence-electron chi connectivity index (χ3n) is 2.05. The lowest BCUT2D eigenvalue weighted by molar-refractivity contribution is 0.398. The van der Waals surface area contributed by atoms with Crippen molar-refractivity contribution in [3.05, 3.63) is 11.0 Å². The van der Waals surface area contributed by atoms with Crippen LogP contribution in [0.2, 0.25) is 5.15 Å². The fraction of sp³-hybridized carbons (Fsp3) is 0.444. The molecule has 16 heavy (non-hydrogen) atoms. The smallest absolute Gasteiger partial charge is 0.242 e. The molecule has 0 spiro atoms. The number of anilines is 1. The van der Waals surface area contributed by atoms with Gasteiger partial charge in [0, 0.05) is 6.54 Å². The Morgan fingerprint density at radius 1 is 1.50 bits per heavy atom. The summed E-state index contributed by atoms with van der Waals surface area (Å²) in [6.07, 6.45) is 0. The first-order valence-electron chi connectivity index (χ1n) is 4.84. The molecule has 0 aromatic carbocycles. The largest absolute Gasteiger partial charge is 0.479 e. The monoisotopic (exact) mass is 247 g/mol. The molecule has 2 N–H and O–H groups in total. The van der Waals surface area contributed by atoms with Crippen molar-refractivity contribution in [3.63, 3.8) is 0 Å². The van der Waals surface area contributed by atoms with Crippen LogP contribution in [0.1, 0.15) is 5.82 Å². The molecule has 1 aromatic heterocycles. The molecule has 0 aliphatic carbocycles. The highest BCUT2D eigenvalue weighted by atomic mass is 35.5. The Bertz CT molecular complexity index is 434. The number of aryl methyl sites for hydroxylation is 1. The van der Waals surface area contributed by atoms with Crippen molar-refractivity contribution in [3.8, 4) is 5.88 Å². The van der Waals surface area contributed by atoms with Crippen molar-refractivity contribution in [2.24, 2.45) is 4.99 Å². The number of aromatic nitrogens is 2. The van der Waals surface area contributed by atoms with Crippen molar-refractivity contribution < 1.29 is 4.74 Å². The maximum absolute atomic E-state index is 6.02. The lowest BCUT2D eigenvalue weighted by atomic mass is 10.7. The minimum atomic E-state index is 0.320. The average Bonchev–Trinajstić information content (AvgIpc) is 2.74. The van der Waals surface area contributed by atoms with Gasteiger partial charge in [-0.3, -0.25) is 4.99 Å². The second kappa shape index (κ2) is 4.52. The number of halogens is 1. The van der Waals surface area contributed by atoms with Gasteiger partial charge in [-0.1, -0.05) is 11.6 Å². The first kappa shape index (κ1) is 10.9. The van der Waals surface area contributed by atoms with Gasteiger partial charge in [-0.15, -0.1) is 0 Å². The molecule has 0 radical (unpaired) electrons. The SMILES string of the molecule is CO[14c]1n[14c](C)n[14c](Cl)c1NC1=NCCN1. The predicted molar refractivity (Wildman–Crippen MR) is 62.3 cm³/mol. The van der Waals surface area contributed by atoms with E-state index < -0.39 is 0 Å². The number of nitrogens with one attached hydrogen (secondary N) is 2. The highest BCUT2D eigenvalue weighted by molar-refractivity contribution is 6.32. The van der Waals surface area contributed by atoms with Crippen molar-refractivity contribution in [2.75, 3.05) is 25.5 Å². The van der Waals surface area contributed by atoms with E-state index in [1.807, 2.05) is 0 Å². The molecule has 0 bridgehead atoms. The molecule has 6 nitrogen and oxygen atoms in total. The molecule has 0 unspecified atom stereocenters.